The van der Waals surface area contributed by atoms with E-state index in [1.165, 1.54) is 4.90 Å². The summed E-state index contributed by atoms with van der Waals surface area (Å²) in [6.07, 6.45) is -3.45. The van der Waals surface area contributed by atoms with Crippen molar-refractivity contribution in [1.29, 1.82) is 0 Å². The van der Waals surface area contributed by atoms with Crippen molar-refractivity contribution in [3.8, 4) is 5.75 Å². The summed E-state index contributed by atoms with van der Waals surface area (Å²) in [5.41, 5.74) is 1.17. The van der Waals surface area contributed by atoms with Gasteiger partial charge in [0, 0.05) is 18.6 Å². The zero-order valence-corrected chi connectivity index (χ0v) is 28.3. The van der Waals surface area contributed by atoms with E-state index < -0.39 is 47.6 Å². The molecule has 0 aliphatic heterocycles. The first-order chi connectivity index (χ1) is 22.1. The highest BCUT2D eigenvalue weighted by Gasteiger charge is 2.37. The van der Waals surface area contributed by atoms with Crippen molar-refractivity contribution >= 4 is 12.2 Å². The largest absolute Gasteiger partial charge is 0.489 e. The maximum absolute atomic E-state index is 12.8. The number of carbonyl (C=O) groups excluding carboxylic acids is 1. The lowest BCUT2D eigenvalue weighted by molar-refractivity contribution is 0.00614. The van der Waals surface area contributed by atoms with Crippen LogP contribution in [0.15, 0.2) is 84.9 Å². The van der Waals surface area contributed by atoms with Crippen molar-refractivity contribution in [3.63, 3.8) is 0 Å². The fraction of sp³-hybridized carbons (Fsp3) is 0.459. The van der Waals surface area contributed by atoms with Crippen LogP contribution in [0.4, 0.5) is 9.59 Å². The molecule has 0 bridgehead atoms. The highest BCUT2D eigenvalue weighted by molar-refractivity contribution is 5.68. The number of hydrogen-bond donors (Lipinski definition) is 5. The van der Waals surface area contributed by atoms with Crippen molar-refractivity contribution in [1.82, 2.24) is 15.5 Å². The van der Waals surface area contributed by atoms with E-state index in [1.807, 2.05) is 84.9 Å². The number of para-hydroxylation sites is 1. The van der Waals surface area contributed by atoms with Gasteiger partial charge in [-0.3, -0.25) is 4.90 Å². The molecular formula is C37H51N3O7. The van der Waals surface area contributed by atoms with Crippen LogP contribution in [0.25, 0.3) is 0 Å². The fourth-order valence-corrected chi connectivity index (χ4v) is 5.37. The van der Waals surface area contributed by atoms with Crippen LogP contribution in [0, 0.1) is 0 Å². The number of aliphatic hydroxyl groups excluding tert-OH is 2. The summed E-state index contributed by atoms with van der Waals surface area (Å²) < 4.78 is 11.6. The highest BCUT2D eigenvalue weighted by Crippen LogP contribution is 2.24. The molecule has 10 heteroatoms. The number of rotatable bonds is 15. The Morgan fingerprint density at radius 3 is 1.89 bits per heavy atom. The molecule has 0 saturated carbocycles. The number of carbonyl (C=O) groups is 2. The van der Waals surface area contributed by atoms with Crippen LogP contribution in [0.3, 0.4) is 0 Å². The van der Waals surface area contributed by atoms with Crippen LogP contribution in [0.5, 0.6) is 5.75 Å². The van der Waals surface area contributed by atoms with E-state index >= 15 is 0 Å². The predicted octanol–water partition coefficient (Wildman–Crippen LogP) is 5.40. The first-order valence-electron chi connectivity index (χ1n) is 16.0. The number of nitrogens with one attached hydrogen (secondary N) is 2. The zero-order chi connectivity index (χ0) is 34.6. The highest BCUT2D eigenvalue weighted by atomic mass is 16.6. The molecule has 0 aliphatic carbocycles. The van der Waals surface area contributed by atoms with E-state index in [0.29, 0.717) is 18.8 Å². The molecule has 4 atom stereocenters. The van der Waals surface area contributed by atoms with Gasteiger partial charge >= 0.3 is 12.2 Å². The van der Waals surface area contributed by atoms with E-state index in [4.69, 9.17) is 9.47 Å². The van der Waals surface area contributed by atoms with Crippen LogP contribution in [-0.2, 0) is 24.2 Å². The SMILES string of the molecule is CC(C)(C)OC(=O)N[C@@H](Cc1ccccc1OCc1ccccc1)[C@H](O)CNC[C@@H](O)[C@H](Cc1ccccc1)N(C(=O)O)C(C)(C)C. The molecule has 0 aromatic heterocycles. The molecule has 0 heterocycles. The van der Waals surface area contributed by atoms with E-state index in [0.717, 1.165) is 16.7 Å². The van der Waals surface area contributed by atoms with Crippen molar-refractivity contribution < 1.29 is 34.4 Å². The summed E-state index contributed by atoms with van der Waals surface area (Å²) in [4.78, 5) is 26.5. The van der Waals surface area contributed by atoms with E-state index in [-0.39, 0.29) is 19.5 Å². The Hall–Kier alpha value is -4.12. The molecule has 0 saturated heterocycles. The quantitative estimate of drug-likeness (QED) is 0.147. The van der Waals surface area contributed by atoms with Crippen LogP contribution >= 0.6 is 0 Å². The van der Waals surface area contributed by atoms with Gasteiger partial charge in [0.2, 0.25) is 0 Å². The lowest BCUT2D eigenvalue weighted by Gasteiger charge is -2.42. The second-order valence-electron chi connectivity index (χ2n) is 13.7. The normalized spacial score (nSPS) is 14.4. The summed E-state index contributed by atoms with van der Waals surface area (Å²) in [5.74, 6) is 0.627. The number of amides is 2. The molecule has 3 rings (SSSR count). The molecule has 0 fully saturated rings. The van der Waals surface area contributed by atoms with Crippen molar-refractivity contribution in [2.75, 3.05) is 13.1 Å². The number of nitrogens with zero attached hydrogens (tertiary/aromatic N) is 1. The Kier molecular flexibility index (Phi) is 13.6. The molecule has 256 valence electrons. The molecule has 0 spiro atoms. The van der Waals surface area contributed by atoms with E-state index in [9.17, 15) is 24.9 Å². The minimum Gasteiger partial charge on any atom is -0.489 e. The second kappa shape index (κ2) is 17.2. The maximum atomic E-state index is 12.8. The Morgan fingerprint density at radius 1 is 0.766 bits per heavy atom. The molecule has 2 amide bonds. The number of ether oxygens (including phenoxy) is 2. The van der Waals surface area contributed by atoms with Gasteiger partial charge in [-0.2, -0.15) is 0 Å². The van der Waals surface area contributed by atoms with Gasteiger partial charge in [0.1, 0.15) is 18.0 Å². The van der Waals surface area contributed by atoms with Gasteiger partial charge < -0.3 is 35.4 Å². The molecule has 0 unspecified atom stereocenters. The second-order valence-corrected chi connectivity index (χ2v) is 13.7. The monoisotopic (exact) mass is 649 g/mol. The maximum Gasteiger partial charge on any atom is 0.408 e. The van der Waals surface area contributed by atoms with E-state index in [2.05, 4.69) is 10.6 Å². The van der Waals surface area contributed by atoms with Crippen molar-refractivity contribution in [2.45, 2.75) is 96.4 Å². The molecule has 47 heavy (non-hydrogen) atoms. The van der Waals surface area contributed by atoms with E-state index in [1.54, 1.807) is 41.5 Å². The molecule has 0 aliphatic rings. The topological polar surface area (TPSA) is 141 Å². The Labute approximate surface area is 278 Å². The first-order valence-corrected chi connectivity index (χ1v) is 16.0. The Morgan fingerprint density at radius 2 is 1.32 bits per heavy atom. The van der Waals surface area contributed by atoms with Gasteiger partial charge in [0.25, 0.3) is 0 Å². The van der Waals surface area contributed by atoms with Gasteiger partial charge in [-0.1, -0.05) is 78.9 Å². The van der Waals surface area contributed by atoms with Gasteiger partial charge in [0.15, 0.2) is 0 Å². The third-order valence-electron chi connectivity index (χ3n) is 7.52. The Balaban J connectivity index is 1.75. The van der Waals surface area contributed by atoms with Gasteiger partial charge in [0.05, 0.1) is 24.3 Å². The van der Waals surface area contributed by atoms with Crippen molar-refractivity contribution in [3.05, 3.63) is 102 Å². The number of alkyl carbamates (subject to hydrolysis) is 1. The first kappa shape index (κ1) is 37.3. The minimum atomic E-state index is -1.13. The zero-order valence-electron chi connectivity index (χ0n) is 28.3. The van der Waals surface area contributed by atoms with Crippen LogP contribution in [0.1, 0.15) is 58.2 Å². The van der Waals surface area contributed by atoms with Gasteiger partial charge in [-0.15, -0.1) is 0 Å². The summed E-state index contributed by atoms with van der Waals surface area (Å²) in [6, 6.07) is 25.1. The number of hydrogen-bond acceptors (Lipinski definition) is 7. The smallest absolute Gasteiger partial charge is 0.408 e. The number of benzene rings is 3. The summed E-state index contributed by atoms with van der Waals surface area (Å²) in [6.45, 7) is 11.0. The fourth-order valence-electron chi connectivity index (χ4n) is 5.37. The van der Waals surface area contributed by atoms with Crippen LogP contribution in [0.2, 0.25) is 0 Å². The third kappa shape index (κ3) is 12.5. The molecular weight excluding hydrogens is 598 g/mol. The number of carboxylic acid groups (broad SMARTS) is 1. The molecule has 5 N–H and O–H groups in total. The average Bonchev–Trinajstić information content (AvgIpc) is 2.99. The van der Waals surface area contributed by atoms with Crippen LogP contribution < -0.4 is 15.4 Å². The lowest BCUT2D eigenvalue weighted by Crippen LogP contribution is -2.58. The summed E-state index contributed by atoms with van der Waals surface area (Å²) in [7, 11) is 0. The summed E-state index contributed by atoms with van der Waals surface area (Å²) >= 11 is 0. The summed E-state index contributed by atoms with van der Waals surface area (Å²) in [5, 5.41) is 38.7. The standard InChI is InChI=1S/C37H51N3O7/c1-36(2,3)40(35(44)45)30(21-26-15-9-7-10-16-26)32(42)24-38-23-31(41)29(39-34(43)47-37(4,5)6)22-28-19-13-14-20-33(28)46-25-27-17-11-8-12-18-27/h7-20,29-32,38,41-42H,21-25H2,1-6H3,(H,39,43)(H,44,45)/t29-,30-,31+,32+/m0/s1. The minimum absolute atomic E-state index is 0.00432. The molecule has 3 aromatic rings. The van der Waals surface area contributed by atoms with Gasteiger partial charge in [-0.25, -0.2) is 9.59 Å². The average molecular weight is 650 g/mol. The Bertz CT molecular complexity index is 1390. The van der Waals surface area contributed by atoms with Gasteiger partial charge in [-0.05, 0) is 77.1 Å². The van der Waals surface area contributed by atoms with Crippen LogP contribution in [-0.4, -0.2) is 80.9 Å². The predicted molar refractivity (Wildman–Crippen MR) is 183 cm³/mol. The number of aliphatic hydroxyl groups is 2. The lowest BCUT2D eigenvalue weighted by atomic mass is 9.94. The third-order valence-corrected chi connectivity index (χ3v) is 7.52. The van der Waals surface area contributed by atoms with Crippen molar-refractivity contribution in [2.24, 2.45) is 0 Å². The molecule has 10 nitrogen and oxygen atoms in total. The molecule has 3 aromatic carbocycles. The molecule has 0 radical (unpaired) electrons.